The first-order chi connectivity index (χ1) is 8.97. The average molecular weight is 266 g/mol. The first kappa shape index (κ1) is 15.6. The third-order valence-corrected chi connectivity index (χ3v) is 3.02. The predicted octanol–water partition coefficient (Wildman–Crippen LogP) is 2.55. The molecule has 0 atom stereocenters. The molecule has 106 valence electrons. The highest BCUT2D eigenvalue weighted by atomic mass is 19.1. The van der Waals surface area contributed by atoms with Gasteiger partial charge in [-0.05, 0) is 39.1 Å². The van der Waals surface area contributed by atoms with E-state index < -0.39 is 5.82 Å². The molecule has 0 aliphatic carbocycles. The Bertz CT molecular complexity index is 432. The zero-order valence-electron chi connectivity index (χ0n) is 12.2. The first-order valence-corrected chi connectivity index (χ1v) is 6.66. The Kier molecular flexibility index (Phi) is 5.96. The lowest BCUT2D eigenvalue weighted by Gasteiger charge is -2.24. The van der Waals surface area contributed by atoms with E-state index in [1.165, 1.54) is 0 Å². The molecule has 0 N–H and O–H groups in total. The number of benzene rings is 1. The van der Waals surface area contributed by atoms with Crippen LogP contribution in [-0.4, -0.2) is 49.4 Å². The van der Waals surface area contributed by atoms with Gasteiger partial charge in [-0.2, -0.15) is 0 Å². The fourth-order valence-electron chi connectivity index (χ4n) is 1.89. The van der Waals surface area contributed by atoms with Gasteiger partial charge in [-0.3, -0.25) is 4.79 Å². The van der Waals surface area contributed by atoms with Crippen LogP contribution >= 0.6 is 0 Å². The minimum Gasteiger partial charge on any atom is -0.337 e. The van der Waals surface area contributed by atoms with Crippen molar-refractivity contribution in [2.45, 2.75) is 20.3 Å². The molecule has 0 unspecified atom stereocenters. The number of amides is 1. The van der Waals surface area contributed by atoms with E-state index in [1.807, 2.05) is 25.9 Å². The van der Waals surface area contributed by atoms with Gasteiger partial charge in [0.05, 0.1) is 5.56 Å². The second kappa shape index (κ2) is 7.24. The highest BCUT2D eigenvalue weighted by Crippen LogP contribution is 2.14. The Morgan fingerprint density at radius 2 is 1.89 bits per heavy atom. The third kappa shape index (κ3) is 4.31. The summed E-state index contributed by atoms with van der Waals surface area (Å²) < 4.78 is 14.0. The van der Waals surface area contributed by atoms with Crippen LogP contribution in [0.5, 0.6) is 0 Å². The third-order valence-electron chi connectivity index (χ3n) is 3.02. The molecule has 0 heterocycles. The molecule has 0 fully saturated rings. The van der Waals surface area contributed by atoms with Crippen LogP contribution in [0, 0.1) is 12.7 Å². The minimum absolute atomic E-state index is 0.173. The molecular formula is C15H23FN2O. The summed E-state index contributed by atoms with van der Waals surface area (Å²) >= 11 is 0. The highest BCUT2D eigenvalue weighted by Gasteiger charge is 2.19. The molecule has 1 rings (SSSR count). The van der Waals surface area contributed by atoms with E-state index in [-0.39, 0.29) is 11.5 Å². The maximum atomic E-state index is 14.0. The van der Waals surface area contributed by atoms with E-state index in [1.54, 1.807) is 30.0 Å². The molecule has 0 aliphatic rings. The molecule has 0 bridgehead atoms. The minimum atomic E-state index is -0.404. The second-order valence-electron chi connectivity index (χ2n) is 5.03. The zero-order valence-corrected chi connectivity index (χ0v) is 12.2. The number of nitrogens with zero attached hydrogens (tertiary/aromatic N) is 2. The predicted molar refractivity (Wildman–Crippen MR) is 75.9 cm³/mol. The summed E-state index contributed by atoms with van der Waals surface area (Å²) in [6, 6.07) is 4.96. The van der Waals surface area contributed by atoms with Crippen LogP contribution in [0.1, 0.15) is 29.3 Å². The summed E-state index contributed by atoms with van der Waals surface area (Å²) in [4.78, 5) is 16.1. The smallest absolute Gasteiger partial charge is 0.256 e. The lowest BCUT2D eigenvalue weighted by atomic mass is 10.1. The van der Waals surface area contributed by atoms with E-state index in [0.29, 0.717) is 18.7 Å². The van der Waals surface area contributed by atoms with Gasteiger partial charge in [-0.25, -0.2) is 4.39 Å². The highest BCUT2D eigenvalue weighted by molar-refractivity contribution is 5.94. The van der Waals surface area contributed by atoms with Crippen LogP contribution in [0.25, 0.3) is 0 Å². The van der Waals surface area contributed by atoms with Crippen molar-refractivity contribution in [1.29, 1.82) is 0 Å². The molecule has 0 spiro atoms. The van der Waals surface area contributed by atoms with E-state index in [4.69, 9.17) is 0 Å². The van der Waals surface area contributed by atoms with Gasteiger partial charge in [-0.15, -0.1) is 0 Å². The topological polar surface area (TPSA) is 23.6 Å². The Hall–Kier alpha value is -1.42. The van der Waals surface area contributed by atoms with Gasteiger partial charge in [0.25, 0.3) is 5.91 Å². The summed E-state index contributed by atoms with van der Waals surface area (Å²) in [6.07, 6.45) is 0.868. The van der Waals surface area contributed by atoms with Crippen LogP contribution in [0.4, 0.5) is 4.39 Å². The molecule has 0 saturated carbocycles. The lowest BCUT2D eigenvalue weighted by Crippen LogP contribution is -2.37. The maximum absolute atomic E-state index is 14.0. The zero-order chi connectivity index (χ0) is 14.4. The SMILES string of the molecule is CCCN(CCN(C)C)C(=O)c1cccc(C)c1F. The van der Waals surface area contributed by atoms with Crippen molar-refractivity contribution >= 4 is 5.91 Å². The van der Waals surface area contributed by atoms with Gasteiger partial charge in [0.1, 0.15) is 5.82 Å². The molecule has 1 amide bonds. The van der Waals surface area contributed by atoms with Crippen LogP contribution < -0.4 is 0 Å². The number of aryl methyl sites for hydroxylation is 1. The first-order valence-electron chi connectivity index (χ1n) is 6.66. The van der Waals surface area contributed by atoms with Gasteiger partial charge >= 0.3 is 0 Å². The number of hydrogen-bond acceptors (Lipinski definition) is 2. The molecule has 0 aromatic heterocycles. The maximum Gasteiger partial charge on any atom is 0.256 e. The summed E-state index contributed by atoms with van der Waals surface area (Å²) in [5.41, 5.74) is 0.683. The van der Waals surface area contributed by atoms with Crippen molar-refractivity contribution in [3.63, 3.8) is 0 Å². The van der Waals surface area contributed by atoms with Crippen molar-refractivity contribution in [2.24, 2.45) is 0 Å². The molecule has 1 aromatic carbocycles. The van der Waals surface area contributed by atoms with Crippen molar-refractivity contribution in [1.82, 2.24) is 9.80 Å². The van der Waals surface area contributed by atoms with Crippen LogP contribution in [-0.2, 0) is 0 Å². The number of rotatable bonds is 6. The van der Waals surface area contributed by atoms with Crippen LogP contribution in [0.15, 0.2) is 18.2 Å². The number of likely N-dealkylation sites (N-methyl/N-ethyl adjacent to an activating group) is 1. The van der Waals surface area contributed by atoms with Crippen molar-refractivity contribution in [2.75, 3.05) is 33.7 Å². The summed E-state index contributed by atoms with van der Waals surface area (Å²) in [7, 11) is 3.92. The molecule has 19 heavy (non-hydrogen) atoms. The van der Waals surface area contributed by atoms with Crippen molar-refractivity contribution in [3.05, 3.63) is 35.1 Å². The van der Waals surface area contributed by atoms with E-state index in [2.05, 4.69) is 0 Å². The largest absolute Gasteiger partial charge is 0.337 e. The number of carbonyl (C=O) groups excluding carboxylic acids is 1. The summed E-state index contributed by atoms with van der Waals surface area (Å²) in [5.74, 6) is -0.622. The number of hydrogen-bond donors (Lipinski definition) is 0. The molecular weight excluding hydrogens is 243 g/mol. The van der Waals surface area contributed by atoms with Crippen LogP contribution in [0.2, 0.25) is 0 Å². The summed E-state index contributed by atoms with van der Waals surface area (Å²) in [5, 5.41) is 0. The van der Waals surface area contributed by atoms with Gasteiger partial charge in [0, 0.05) is 19.6 Å². The van der Waals surface area contributed by atoms with E-state index in [9.17, 15) is 9.18 Å². The number of halogens is 1. The fourth-order valence-corrected chi connectivity index (χ4v) is 1.89. The number of carbonyl (C=O) groups is 1. The molecule has 4 heteroatoms. The lowest BCUT2D eigenvalue weighted by molar-refractivity contribution is 0.0740. The quantitative estimate of drug-likeness (QED) is 0.790. The molecule has 1 aromatic rings. The Morgan fingerprint density at radius 3 is 2.47 bits per heavy atom. The van der Waals surface area contributed by atoms with E-state index >= 15 is 0 Å². The average Bonchev–Trinajstić information content (AvgIpc) is 2.37. The Labute approximate surface area is 115 Å². The second-order valence-corrected chi connectivity index (χ2v) is 5.03. The van der Waals surface area contributed by atoms with Gasteiger partial charge in [0.15, 0.2) is 0 Å². The fraction of sp³-hybridized carbons (Fsp3) is 0.533. The van der Waals surface area contributed by atoms with Crippen molar-refractivity contribution in [3.8, 4) is 0 Å². The van der Waals surface area contributed by atoms with Gasteiger partial charge in [0.2, 0.25) is 0 Å². The Balaban J connectivity index is 2.89. The standard InChI is InChI=1S/C15H23FN2O/c1-5-9-18(11-10-17(3)4)15(19)13-8-6-7-12(2)14(13)16/h6-8H,5,9-11H2,1-4H3. The molecule has 3 nitrogen and oxygen atoms in total. The van der Waals surface area contributed by atoms with Crippen molar-refractivity contribution < 1.29 is 9.18 Å². The monoisotopic (exact) mass is 266 g/mol. The van der Waals surface area contributed by atoms with Gasteiger partial charge < -0.3 is 9.80 Å². The summed E-state index contributed by atoms with van der Waals surface area (Å²) in [6.45, 7) is 5.74. The molecule has 0 aliphatic heterocycles. The Morgan fingerprint density at radius 1 is 1.21 bits per heavy atom. The van der Waals surface area contributed by atoms with Gasteiger partial charge in [-0.1, -0.05) is 19.1 Å². The van der Waals surface area contributed by atoms with Crippen LogP contribution in [0.3, 0.4) is 0 Å². The normalized spacial score (nSPS) is 10.8. The molecule has 0 radical (unpaired) electrons. The molecule has 0 saturated heterocycles. The van der Waals surface area contributed by atoms with E-state index in [0.717, 1.165) is 13.0 Å².